The SMILES string of the molecule is CCCCC/C=C\C/C=C\CCCCCCCCOC/C(=C/C(=O)N(C)C)CCCCCCCCC. The summed E-state index contributed by atoms with van der Waals surface area (Å²) in [6.45, 7) is 5.93. The molecule has 0 rings (SSSR count). The molecule has 0 unspecified atom stereocenters. The van der Waals surface area contributed by atoms with Crippen molar-refractivity contribution in [3.8, 4) is 0 Å². The molecule has 210 valence electrons. The first-order chi connectivity index (χ1) is 17.6. The van der Waals surface area contributed by atoms with Crippen molar-refractivity contribution in [2.45, 2.75) is 142 Å². The van der Waals surface area contributed by atoms with Crippen LogP contribution >= 0.6 is 0 Å². The third-order valence-corrected chi connectivity index (χ3v) is 6.65. The summed E-state index contributed by atoms with van der Waals surface area (Å²) in [7, 11) is 3.63. The average molecular weight is 504 g/mol. The van der Waals surface area contributed by atoms with Crippen molar-refractivity contribution in [3.63, 3.8) is 0 Å². The van der Waals surface area contributed by atoms with Gasteiger partial charge < -0.3 is 9.64 Å². The molecule has 0 aliphatic carbocycles. The highest BCUT2D eigenvalue weighted by atomic mass is 16.5. The number of unbranched alkanes of at least 4 members (excludes halogenated alkanes) is 15. The zero-order valence-electron chi connectivity index (χ0n) is 24.7. The van der Waals surface area contributed by atoms with E-state index in [0.29, 0.717) is 6.61 Å². The highest BCUT2D eigenvalue weighted by molar-refractivity contribution is 5.87. The number of allylic oxidation sites excluding steroid dienone is 4. The highest BCUT2D eigenvalue weighted by Crippen LogP contribution is 2.14. The summed E-state index contributed by atoms with van der Waals surface area (Å²) in [5, 5.41) is 0. The molecule has 36 heavy (non-hydrogen) atoms. The van der Waals surface area contributed by atoms with Gasteiger partial charge in [-0.05, 0) is 56.9 Å². The van der Waals surface area contributed by atoms with Crippen molar-refractivity contribution >= 4 is 5.91 Å². The number of hydrogen-bond acceptors (Lipinski definition) is 2. The summed E-state index contributed by atoms with van der Waals surface area (Å²) < 4.78 is 5.95. The highest BCUT2D eigenvalue weighted by Gasteiger charge is 2.05. The van der Waals surface area contributed by atoms with Gasteiger partial charge in [0.05, 0.1) is 6.61 Å². The van der Waals surface area contributed by atoms with Crippen LogP contribution in [0.2, 0.25) is 0 Å². The van der Waals surface area contributed by atoms with Crippen molar-refractivity contribution < 1.29 is 9.53 Å². The summed E-state index contributed by atoms with van der Waals surface area (Å²) in [4.78, 5) is 13.8. The maximum absolute atomic E-state index is 12.1. The van der Waals surface area contributed by atoms with Crippen molar-refractivity contribution in [1.82, 2.24) is 4.90 Å². The first-order valence-corrected chi connectivity index (χ1v) is 15.4. The Morgan fingerprint density at radius 1 is 0.639 bits per heavy atom. The predicted octanol–water partition coefficient (Wildman–Crippen LogP) is 9.97. The number of carbonyl (C=O) groups is 1. The molecule has 0 saturated carbocycles. The van der Waals surface area contributed by atoms with Crippen molar-refractivity contribution in [3.05, 3.63) is 36.0 Å². The van der Waals surface area contributed by atoms with Crippen LogP contribution in [0.25, 0.3) is 0 Å². The van der Waals surface area contributed by atoms with Crippen LogP contribution in [-0.2, 0) is 9.53 Å². The summed E-state index contributed by atoms with van der Waals surface area (Å²) in [6, 6.07) is 0. The standard InChI is InChI=1S/C33H61NO2/c1-5-7-9-11-13-14-15-16-17-18-19-20-21-23-25-27-29-36-31-32(30-33(35)34(3)4)28-26-24-22-12-10-8-6-2/h13-14,16-17,30H,5-12,15,18-29,31H2,1-4H3/b14-13-,17-16-,32-30+. The molecule has 0 aliphatic heterocycles. The third-order valence-electron chi connectivity index (χ3n) is 6.65. The molecule has 3 heteroatoms. The van der Waals surface area contributed by atoms with Gasteiger partial charge in [-0.2, -0.15) is 0 Å². The maximum atomic E-state index is 12.1. The molecule has 0 saturated heterocycles. The molecule has 0 atom stereocenters. The molecule has 0 aromatic rings. The molecule has 0 spiro atoms. The van der Waals surface area contributed by atoms with E-state index in [1.165, 1.54) is 103 Å². The normalized spacial score (nSPS) is 12.3. The molecular weight excluding hydrogens is 442 g/mol. The van der Waals surface area contributed by atoms with Gasteiger partial charge in [-0.15, -0.1) is 0 Å². The van der Waals surface area contributed by atoms with Crippen LogP contribution in [0.4, 0.5) is 0 Å². The van der Waals surface area contributed by atoms with Gasteiger partial charge in [0.2, 0.25) is 5.91 Å². The van der Waals surface area contributed by atoms with Crippen LogP contribution in [-0.4, -0.2) is 38.1 Å². The van der Waals surface area contributed by atoms with E-state index in [0.717, 1.165) is 37.9 Å². The smallest absolute Gasteiger partial charge is 0.246 e. The molecule has 1 amide bonds. The molecular formula is C33H61NO2. The average Bonchev–Trinajstić information content (AvgIpc) is 2.87. The molecule has 0 aromatic carbocycles. The van der Waals surface area contributed by atoms with Crippen LogP contribution in [0.1, 0.15) is 142 Å². The van der Waals surface area contributed by atoms with E-state index in [2.05, 4.69) is 38.2 Å². The van der Waals surface area contributed by atoms with Crippen LogP contribution in [0, 0.1) is 0 Å². The Labute approximate surface area is 225 Å². The monoisotopic (exact) mass is 503 g/mol. The van der Waals surface area contributed by atoms with Gasteiger partial charge in [0, 0.05) is 26.8 Å². The van der Waals surface area contributed by atoms with Gasteiger partial charge >= 0.3 is 0 Å². The molecule has 0 fully saturated rings. The van der Waals surface area contributed by atoms with E-state index in [9.17, 15) is 4.79 Å². The van der Waals surface area contributed by atoms with E-state index >= 15 is 0 Å². The Hall–Kier alpha value is -1.35. The maximum Gasteiger partial charge on any atom is 0.246 e. The lowest BCUT2D eigenvalue weighted by Gasteiger charge is -2.12. The topological polar surface area (TPSA) is 29.5 Å². The van der Waals surface area contributed by atoms with Gasteiger partial charge in [-0.25, -0.2) is 0 Å². The Kier molecular flexibility index (Phi) is 27.2. The number of ether oxygens (including phenoxy) is 1. The number of amides is 1. The van der Waals surface area contributed by atoms with Gasteiger partial charge in [0.1, 0.15) is 0 Å². The third kappa shape index (κ3) is 25.7. The van der Waals surface area contributed by atoms with Crippen LogP contribution in [0.3, 0.4) is 0 Å². The first kappa shape index (κ1) is 34.6. The number of likely N-dealkylation sites (N-methyl/N-ethyl adjacent to an activating group) is 1. The number of hydrogen-bond donors (Lipinski definition) is 0. The van der Waals surface area contributed by atoms with E-state index in [1.807, 2.05) is 14.1 Å². The number of rotatable bonds is 26. The number of nitrogens with zero attached hydrogens (tertiary/aromatic N) is 1. The van der Waals surface area contributed by atoms with Crippen molar-refractivity contribution in [1.29, 1.82) is 0 Å². The Morgan fingerprint density at radius 2 is 1.14 bits per heavy atom. The van der Waals surface area contributed by atoms with Gasteiger partial charge in [0.15, 0.2) is 0 Å². The zero-order chi connectivity index (χ0) is 26.5. The lowest BCUT2D eigenvalue weighted by atomic mass is 10.0. The van der Waals surface area contributed by atoms with E-state index < -0.39 is 0 Å². The van der Waals surface area contributed by atoms with Crippen LogP contribution < -0.4 is 0 Å². The first-order valence-electron chi connectivity index (χ1n) is 15.4. The fourth-order valence-corrected chi connectivity index (χ4v) is 4.19. The summed E-state index contributed by atoms with van der Waals surface area (Å²) in [5.41, 5.74) is 1.15. The Bertz CT molecular complexity index is 562. The molecule has 0 N–H and O–H groups in total. The van der Waals surface area contributed by atoms with E-state index in [-0.39, 0.29) is 5.91 Å². The molecule has 0 bridgehead atoms. The minimum atomic E-state index is 0.0743. The summed E-state index contributed by atoms with van der Waals surface area (Å²) >= 11 is 0. The second-order valence-electron chi connectivity index (χ2n) is 10.5. The zero-order valence-corrected chi connectivity index (χ0v) is 24.7. The minimum absolute atomic E-state index is 0.0743. The lowest BCUT2D eigenvalue weighted by molar-refractivity contribution is -0.123. The van der Waals surface area contributed by atoms with Gasteiger partial charge in [-0.3, -0.25) is 4.79 Å². The fourth-order valence-electron chi connectivity index (χ4n) is 4.19. The number of carbonyl (C=O) groups excluding carboxylic acids is 1. The molecule has 0 aliphatic rings. The predicted molar refractivity (Wildman–Crippen MR) is 160 cm³/mol. The second kappa shape index (κ2) is 28.2. The van der Waals surface area contributed by atoms with Crippen LogP contribution in [0.5, 0.6) is 0 Å². The van der Waals surface area contributed by atoms with E-state index in [1.54, 1.807) is 11.0 Å². The van der Waals surface area contributed by atoms with E-state index in [4.69, 9.17) is 4.74 Å². The molecule has 3 nitrogen and oxygen atoms in total. The lowest BCUT2D eigenvalue weighted by Crippen LogP contribution is -2.20. The Balaban J connectivity index is 3.77. The van der Waals surface area contributed by atoms with Gasteiger partial charge in [0.25, 0.3) is 0 Å². The minimum Gasteiger partial charge on any atom is -0.377 e. The largest absolute Gasteiger partial charge is 0.377 e. The molecule has 0 heterocycles. The Morgan fingerprint density at radius 3 is 1.75 bits per heavy atom. The second-order valence-corrected chi connectivity index (χ2v) is 10.5. The van der Waals surface area contributed by atoms with Gasteiger partial charge in [-0.1, -0.05) is 115 Å². The summed E-state index contributed by atoms with van der Waals surface area (Å²) in [5.74, 6) is 0.0743. The molecule has 0 aromatic heterocycles. The quantitative estimate of drug-likeness (QED) is 0.0667. The molecule has 0 radical (unpaired) electrons. The van der Waals surface area contributed by atoms with Crippen LogP contribution in [0.15, 0.2) is 36.0 Å². The fraction of sp³-hybridized carbons (Fsp3) is 0.788. The summed E-state index contributed by atoms with van der Waals surface area (Å²) in [6.07, 6.45) is 36.3. The van der Waals surface area contributed by atoms with Crippen molar-refractivity contribution in [2.24, 2.45) is 0 Å². The van der Waals surface area contributed by atoms with Crippen molar-refractivity contribution in [2.75, 3.05) is 27.3 Å².